The van der Waals surface area contributed by atoms with Crippen LogP contribution in [0.15, 0.2) is 12.1 Å². The van der Waals surface area contributed by atoms with Gasteiger partial charge in [-0.15, -0.1) is 0 Å². The Bertz CT molecular complexity index is 487. The van der Waals surface area contributed by atoms with E-state index in [0.29, 0.717) is 12.6 Å². The van der Waals surface area contributed by atoms with E-state index in [1.807, 2.05) is 19.9 Å². The monoisotopic (exact) mass is 307 g/mol. The predicted molar refractivity (Wildman–Crippen MR) is 88.3 cm³/mol. The molecule has 1 aromatic carbocycles. The van der Waals surface area contributed by atoms with Gasteiger partial charge in [0.2, 0.25) is 0 Å². The van der Waals surface area contributed by atoms with Gasteiger partial charge >= 0.3 is 0 Å². The van der Waals surface area contributed by atoms with E-state index < -0.39 is 6.10 Å². The second-order valence-corrected chi connectivity index (χ2v) is 6.38. The molecule has 0 aromatic heterocycles. The molecule has 0 radical (unpaired) electrons. The van der Waals surface area contributed by atoms with Gasteiger partial charge in [-0.25, -0.2) is 0 Å². The van der Waals surface area contributed by atoms with Crippen LogP contribution in [0.5, 0.6) is 5.75 Å². The Morgan fingerprint density at radius 3 is 2.77 bits per heavy atom. The Balaban J connectivity index is 2.15. The van der Waals surface area contributed by atoms with E-state index in [1.165, 1.54) is 12.8 Å². The standard InChI is InChI=1S/C18H29NO3/c1-13-10-14(2)18(22-3)16(11-13)17(21)12-19-8-5-4-6-15(19)7-9-20/h10-11,15,17,20-21H,4-9,12H2,1-3H3. The minimum atomic E-state index is -0.562. The molecular weight excluding hydrogens is 278 g/mol. The number of aliphatic hydroxyl groups excluding tert-OH is 2. The molecule has 4 nitrogen and oxygen atoms in total. The highest BCUT2D eigenvalue weighted by Crippen LogP contribution is 2.32. The van der Waals surface area contributed by atoms with Crippen molar-refractivity contribution in [2.24, 2.45) is 0 Å². The van der Waals surface area contributed by atoms with Crippen LogP contribution in [0, 0.1) is 13.8 Å². The number of hydrogen-bond donors (Lipinski definition) is 2. The van der Waals surface area contributed by atoms with Crippen LogP contribution in [0.4, 0.5) is 0 Å². The summed E-state index contributed by atoms with van der Waals surface area (Å²) < 4.78 is 5.50. The van der Waals surface area contributed by atoms with Gasteiger partial charge < -0.3 is 14.9 Å². The summed E-state index contributed by atoms with van der Waals surface area (Å²) in [6.45, 7) is 5.86. The van der Waals surface area contributed by atoms with E-state index in [1.54, 1.807) is 7.11 Å². The maximum Gasteiger partial charge on any atom is 0.127 e. The molecule has 1 saturated heterocycles. The highest BCUT2D eigenvalue weighted by molar-refractivity contribution is 5.45. The number of methoxy groups -OCH3 is 1. The van der Waals surface area contributed by atoms with E-state index in [0.717, 1.165) is 41.8 Å². The van der Waals surface area contributed by atoms with Crippen LogP contribution in [0.2, 0.25) is 0 Å². The molecule has 2 N–H and O–H groups in total. The van der Waals surface area contributed by atoms with Crippen LogP contribution in [-0.4, -0.2) is 48.0 Å². The van der Waals surface area contributed by atoms with Crippen molar-refractivity contribution in [2.75, 3.05) is 26.8 Å². The number of hydrogen-bond acceptors (Lipinski definition) is 4. The van der Waals surface area contributed by atoms with E-state index in [9.17, 15) is 10.2 Å². The smallest absolute Gasteiger partial charge is 0.127 e. The Morgan fingerprint density at radius 1 is 1.32 bits per heavy atom. The van der Waals surface area contributed by atoms with Gasteiger partial charge in [-0.05, 0) is 51.3 Å². The Labute approximate surface area is 133 Å². The van der Waals surface area contributed by atoms with Crippen molar-refractivity contribution in [1.29, 1.82) is 0 Å². The Kier molecular flexibility index (Phi) is 6.24. The number of β-amino-alcohol motifs (C(OH)–C–C–N with tert-alkyl or cyclic N) is 1. The molecule has 1 fully saturated rings. The molecule has 2 unspecified atom stereocenters. The minimum Gasteiger partial charge on any atom is -0.496 e. The number of nitrogens with zero attached hydrogens (tertiary/aromatic N) is 1. The van der Waals surface area contributed by atoms with Crippen LogP contribution in [-0.2, 0) is 0 Å². The zero-order valence-corrected chi connectivity index (χ0v) is 14.0. The SMILES string of the molecule is COc1c(C)cc(C)cc1C(O)CN1CCCCC1CCO. The number of ether oxygens (including phenoxy) is 1. The molecule has 22 heavy (non-hydrogen) atoms. The number of benzene rings is 1. The summed E-state index contributed by atoms with van der Waals surface area (Å²) >= 11 is 0. The van der Waals surface area contributed by atoms with E-state index in [4.69, 9.17) is 4.74 Å². The normalized spacial score (nSPS) is 20.9. The molecule has 0 saturated carbocycles. The first-order chi connectivity index (χ1) is 10.6. The second kappa shape index (κ2) is 7.95. The van der Waals surface area contributed by atoms with Crippen LogP contribution in [0.25, 0.3) is 0 Å². The summed E-state index contributed by atoms with van der Waals surface area (Å²) in [6.07, 6.45) is 3.71. The number of piperidine rings is 1. The molecule has 2 atom stereocenters. The van der Waals surface area contributed by atoms with Crippen molar-refractivity contribution in [3.05, 3.63) is 28.8 Å². The minimum absolute atomic E-state index is 0.212. The van der Waals surface area contributed by atoms with Gasteiger partial charge in [-0.2, -0.15) is 0 Å². The third kappa shape index (κ3) is 4.00. The average molecular weight is 307 g/mol. The largest absolute Gasteiger partial charge is 0.496 e. The fourth-order valence-corrected chi connectivity index (χ4v) is 3.61. The summed E-state index contributed by atoms with van der Waals surface area (Å²) in [5.41, 5.74) is 3.06. The summed E-state index contributed by atoms with van der Waals surface area (Å²) in [5.74, 6) is 0.786. The molecule has 1 aliphatic heterocycles. The number of rotatable bonds is 6. The summed E-state index contributed by atoms with van der Waals surface area (Å²) in [4.78, 5) is 2.32. The Hall–Kier alpha value is -1.10. The lowest BCUT2D eigenvalue weighted by Gasteiger charge is -2.37. The first kappa shape index (κ1) is 17.3. The van der Waals surface area contributed by atoms with Gasteiger partial charge in [-0.1, -0.05) is 18.1 Å². The molecule has 4 heteroatoms. The zero-order valence-electron chi connectivity index (χ0n) is 14.0. The molecule has 2 rings (SSSR count). The molecular formula is C18H29NO3. The van der Waals surface area contributed by atoms with Crippen molar-refractivity contribution in [3.8, 4) is 5.75 Å². The maximum absolute atomic E-state index is 10.7. The predicted octanol–water partition coefficient (Wildman–Crippen LogP) is 2.58. The van der Waals surface area contributed by atoms with Gasteiger partial charge in [0.05, 0.1) is 13.2 Å². The van der Waals surface area contributed by atoms with E-state index in [2.05, 4.69) is 11.0 Å². The fourth-order valence-electron chi connectivity index (χ4n) is 3.61. The summed E-state index contributed by atoms with van der Waals surface area (Å²) in [7, 11) is 1.66. The van der Waals surface area contributed by atoms with Crippen LogP contribution in [0.1, 0.15) is 48.5 Å². The van der Waals surface area contributed by atoms with Crippen LogP contribution >= 0.6 is 0 Å². The van der Waals surface area contributed by atoms with Gasteiger partial charge in [0.25, 0.3) is 0 Å². The summed E-state index contributed by atoms with van der Waals surface area (Å²) in [6, 6.07) is 4.47. The van der Waals surface area contributed by atoms with E-state index in [-0.39, 0.29) is 6.61 Å². The van der Waals surface area contributed by atoms with Gasteiger partial charge in [0.15, 0.2) is 0 Å². The van der Waals surface area contributed by atoms with Crippen molar-refractivity contribution < 1.29 is 14.9 Å². The van der Waals surface area contributed by atoms with E-state index >= 15 is 0 Å². The molecule has 0 amide bonds. The number of aryl methyl sites for hydroxylation is 2. The molecule has 1 heterocycles. The highest BCUT2D eigenvalue weighted by atomic mass is 16.5. The van der Waals surface area contributed by atoms with Crippen molar-refractivity contribution >= 4 is 0 Å². The molecule has 1 aliphatic rings. The molecule has 0 aliphatic carbocycles. The highest BCUT2D eigenvalue weighted by Gasteiger charge is 2.26. The zero-order chi connectivity index (χ0) is 16.1. The fraction of sp³-hybridized carbons (Fsp3) is 0.667. The number of aliphatic hydroxyl groups is 2. The average Bonchev–Trinajstić information content (AvgIpc) is 2.48. The Morgan fingerprint density at radius 2 is 2.09 bits per heavy atom. The molecule has 1 aromatic rings. The molecule has 0 bridgehead atoms. The van der Waals surface area contributed by atoms with Crippen LogP contribution < -0.4 is 4.74 Å². The lowest BCUT2D eigenvalue weighted by atomic mass is 9.96. The van der Waals surface area contributed by atoms with Crippen molar-refractivity contribution in [2.45, 2.75) is 51.7 Å². The lowest BCUT2D eigenvalue weighted by molar-refractivity contribution is 0.0554. The molecule has 0 spiro atoms. The summed E-state index contributed by atoms with van der Waals surface area (Å²) in [5, 5.41) is 20.0. The van der Waals surface area contributed by atoms with Gasteiger partial charge in [-0.3, -0.25) is 4.90 Å². The van der Waals surface area contributed by atoms with Crippen molar-refractivity contribution in [1.82, 2.24) is 4.90 Å². The van der Waals surface area contributed by atoms with Gasteiger partial charge in [0, 0.05) is 24.8 Å². The van der Waals surface area contributed by atoms with Gasteiger partial charge in [0.1, 0.15) is 5.75 Å². The second-order valence-electron chi connectivity index (χ2n) is 6.38. The van der Waals surface area contributed by atoms with Crippen LogP contribution in [0.3, 0.4) is 0 Å². The first-order valence-electron chi connectivity index (χ1n) is 8.25. The molecule has 124 valence electrons. The van der Waals surface area contributed by atoms with Crippen molar-refractivity contribution in [3.63, 3.8) is 0 Å². The topological polar surface area (TPSA) is 52.9 Å². The lowest BCUT2D eigenvalue weighted by Crippen LogP contribution is -2.42. The quantitative estimate of drug-likeness (QED) is 0.848. The first-order valence-corrected chi connectivity index (χ1v) is 8.25. The third-order valence-corrected chi connectivity index (χ3v) is 4.63. The third-order valence-electron chi connectivity index (χ3n) is 4.63. The maximum atomic E-state index is 10.7. The number of likely N-dealkylation sites (tertiary alicyclic amines) is 1.